The molecule has 0 amide bonds. The summed E-state index contributed by atoms with van der Waals surface area (Å²) in [5.41, 5.74) is -0.202. The number of nitrogens with zero attached hydrogens (tertiary/aromatic N) is 4. The Morgan fingerprint density at radius 3 is 2.67 bits per heavy atom. The van der Waals surface area contributed by atoms with Crippen LogP contribution in [-0.4, -0.2) is 45.5 Å². The molecule has 1 N–H and O–H groups in total. The van der Waals surface area contributed by atoms with Gasteiger partial charge >= 0.3 is 21.8 Å². The molecule has 0 saturated heterocycles. The number of carboxylic acid groups (broad SMARTS) is 1. The van der Waals surface area contributed by atoms with E-state index in [1.54, 1.807) is 0 Å². The van der Waals surface area contributed by atoms with Crippen LogP contribution in [0.1, 0.15) is 34.8 Å². The zero-order valence-corrected chi connectivity index (χ0v) is 13.4. The van der Waals surface area contributed by atoms with Gasteiger partial charge in [0.1, 0.15) is 5.56 Å². The van der Waals surface area contributed by atoms with Gasteiger partial charge < -0.3 is 9.29 Å². The molecule has 1 saturated carbocycles. The summed E-state index contributed by atoms with van der Waals surface area (Å²) in [6.07, 6.45) is 2.59. The smallest absolute Gasteiger partial charge is 0.364 e. The third-order valence-corrected chi connectivity index (χ3v) is 3.89. The molecule has 0 spiro atoms. The van der Waals surface area contributed by atoms with Crippen LogP contribution in [-0.2, 0) is 16.7 Å². The Morgan fingerprint density at radius 1 is 1.38 bits per heavy atom. The van der Waals surface area contributed by atoms with E-state index in [-0.39, 0.29) is 29.6 Å². The summed E-state index contributed by atoms with van der Waals surface area (Å²) in [6.45, 7) is 0.0194. The Kier molecular flexibility index (Phi) is 3.87. The number of carboxylic acids is 1. The summed E-state index contributed by atoms with van der Waals surface area (Å²) in [5.74, 6) is -1.64. The average molecular weight is 354 g/mol. The standard InChI is InChI=1S/C13H14N4O6S/c1-24(21,22)23-11-6-8(2-5-10(11)12(18)19)7-16-13(20)17(15-14-16)9-3-4-9/h2,5-6,9H,3-4,7H2,1H3,(H,18,19). The molecular weight excluding hydrogens is 340 g/mol. The van der Waals surface area contributed by atoms with Gasteiger partial charge in [-0.15, -0.1) is 0 Å². The van der Waals surface area contributed by atoms with E-state index in [1.165, 1.54) is 22.9 Å². The number of tetrazole rings is 1. The average Bonchev–Trinajstić information content (AvgIpc) is 3.23. The van der Waals surface area contributed by atoms with Crippen LogP contribution in [0.2, 0.25) is 0 Å². The summed E-state index contributed by atoms with van der Waals surface area (Å²) in [7, 11) is -3.89. The highest BCUT2D eigenvalue weighted by molar-refractivity contribution is 7.86. The van der Waals surface area contributed by atoms with Gasteiger partial charge in [0, 0.05) is 0 Å². The maximum Gasteiger partial charge on any atom is 0.364 e. The second-order valence-corrected chi connectivity index (χ2v) is 7.09. The van der Waals surface area contributed by atoms with Crippen LogP contribution < -0.4 is 9.87 Å². The molecule has 0 atom stereocenters. The SMILES string of the molecule is CS(=O)(=O)Oc1cc(Cn2nnn(C3CC3)c2=O)ccc1C(=O)O. The molecule has 0 radical (unpaired) electrons. The van der Waals surface area contributed by atoms with Crippen molar-refractivity contribution in [1.29, 1.82) is 0 Å². The van der Waals surface area contributed by atoms with E-state index in [9.17, 15) is 18.0 Å². The van der Waals surface area contributed by atoms with Crippen LogP contribution >= 0.6 is 0 Å². The van der Waals surface area contributed by atoms with Crippen LogP contribution in [0.3, 0.4) is 0 Å². The normalized spacial score (nSPS) is 14.5. The Morgan fingerprint density at radius 2 is 2.08 bits per heavy atom. The highest BCUT2D eigenvalue weighted by Crippen LogP contribution is 2.32. The minimum Gasteiger partial charge on any atom is -0.478 e. The van der Waals surface area contributed by atoms with Crippen LogP contribution in [0.15, 0.2) is 23.0 Å². The van der Waals surface area contributed by atoms with Gasteiger partial charge in [0.2, 0.25) is 0 Å². The molecule has 24 heavy (non-hydrogen) atoms. The van der Waals surface area contributed by atoms with E-state index in [2.05, 4.69) is 10.4 Å². The fraction of sp³-hybridized carbons (Fsp3) is 0.385. The molecule has 1 fully saturated rings. The van der Waals surface area contributed by atoms with Crippen molar-refractivity contribution in [2.45, 2.75) is 25.4 Å². The minimum absolute atomic E-state index is 0.0194. The molecule has 3 rings (SSSR count). The second kappa shape index (κ2) is 5.74. The first kappa shape index (κ1) is 16.2. The van der Waals surface area contributed by atoms with Gasteiger partial charge in [-0.2, -0.15) is 17.8 Å². The third kappa shape index (κ3) is 3.45. The van der Waals surface area contributed by atoms with Crippen LogP contribution in [0.4, 0.5) is 0 Å². The van der Waals surface area contributed by atoms with E-state index in [0.717, 1.165) is 23.8 Å². The molecule has 1 aromatic carbocycles. The lowest BCUT2D eigenvalue weighted by Crippen LogP contribution is -2.25. The van der Waals surface area contributed by atoms with Gasteiger partial charge in [-0.1, -0.05) is 6.07 Å². The number of hydrogen-bond donors (Lipinski definition) is 1. The monoisotopic (exact) mass is 354 g/mol. The topological polar surface area (TPSA) is 133 Å². The predicted octanol–water partition coefficient (Wildman–Crippen LogP) is -0.140. The van der Waals surface area contributed by atoms with E-state index in [0.29, 0.717) is 5.56 Å². The molecule has 1 aliphatic carbocycles. The maximum absolute atomic E-state index is 12.1. The van der Waals surface area contributed by atoms with Crippen LogP contribution in [0.5, 0.6) is 5.75 Å². The first-order valence-electron chi connectivity index (χ1n) is 7.02. The molecule has 0 unspecified atom stereocenters. The first-order chi connectivity index (χ1) is 11.2. The minimum atomic E-state index is -3.89. The Labute approximate surface area is 136 Å². The fourth-order valence-electron chi connectivity index (χ4n) is 2.18. The number of aromatic nitrogens is 4. The van der Waals surface area contributed by atoms with Gasteiger partial charge in [0.05, 0.1) is 18.8 Å². The third-order valence-electron chi connectivity index (χ3n) is 3.40. The second-order valence-electron chi connectivity index (χ2n) is 5.52. The molecule has 11 heteroatoms. The summed E-state index contributed by atoms with van der Waals surface area (Å²) in [6, 6.07) is 4.02. The van der Waals surface area contributed by atoms with Crippen molar-refractivity contribution in [1.82, 2.24) is 19.8 Å². The molecule has 1 aliphatic rings. The predicted molar refractivity (Wildman–Crippen MR) is 80.5 cm³/mol. The van der Waals surface area contributed by atoms with Crippen molar-refractivity contribution in [3.63, 3.8) is 0 Å². The summed E-state index contributed by atoms with van der Waals surface area (Å²) in [5, 5.41) is 16.7. The van der Waals surface area contributed by atoms with E-state index >= 15 is 0 Å². The van der Waals surface area contributed by atoms with Crippen molar-refractivity contribution < 1.29 is 22.5 Å². The number of aromatic carboxylic acids is 1. The molecule has 0 bridgehead atoms. The summed E-state index contributed by atoms with van der Waals surface area (Å²) in [4.78, 5) is 23.3. The number of benzene rings is 1. The van der Waals surface area contributed by atoms with Crippen molar-refractivity contribution in [2.24, 2.45) is 0 Å². The van der Waals surface area contributed by atoms with E-state index in [4.69, 9.17) is 9.29 Å². The summed E-state index contributed by atoms with van der Waals surface area (Å²) < 4.78 is 29.7. The highest BCUT2D eigenvalue weighted by Gasteiger charge is 2.28. The lowest BCUT2D eigenvalue weighted by Gasteiger charge is -2.09. The fourth-order valence-corrected chi connectivity index (χ4v) is 2.64. The van der Waals surface area contributed by atoms with Crippen LogP contribution in [0.25, 0.3) is 0 Å². The quantitative estimate of drug-likeness (QED) is 0.709. The maximum atomic E-state index is 12.1. The molecule has 1 aromatic heterocycles. The van der Waals surface area contributed by atoms with E-state index in [1.807, 2.05) is 0 Å². The number of hydrogen-bond acceptors (Lipinski definition) is 7. The lowest BCUT2D eigenvalue weighted by molar-refractivity contribution is 0.0695. The van der Waals surface area contributed by atoms with Crippen molar-refractivity contribution in [3.8, 4) is 5.75 Å². The molecule has 10 nitrogen and oxygen atoms in total. The van der Waals surface area contributed by atoms with Crippen molar-refractivity contribution in [2.75, 3.05) is 6.26 Å². The molecular formula is C13H14N4O6S. The number of rotatable bonds is 6. The van der Waals surface area contributed by atoms with Gasteiger partial charge in [0.15, 0.2) is 5.75 Å². The van der Waals surface area contributed by atoms with Crippen molar-refractivity contribution >= 4 is 16.1 Å². The Hall–Kier alpha value is -2.69. The van der Waals surface area contributed by atoms with E-state index < -0.39 is 16.1 Å². The molecule has 128 valence electrons. The zero-order chi connectivity index (χ0) is 17.5. The highest BCUT2D eigenvalue weighted by atomic mass is 32.2. The van der Waals surface area contributed by atoms with Gasteiger partial charge in [-0.3, -0.25) is 0 Å². The molecule has 2 aromatic rings. The summed E-state index contributed by atoms with van der Waals surface area (Å²) >= 11 is 0. The largest absolute Gasteiger partial charge is 0.478 e. The van der Waals surface area contributed by atoms with Crippen LogP contribution in [0, 0.1) is 0 Å². The number of carbonyl (C=O) groups is 1. The van der Waals surface area contributed by atoms with Gasteiger partial charge in [-0.25, -0.2) is 9.59 Å². The van der Waals surface area contributed by atoms with Gasteiger partial charge in [-0.05, 0) is 41.0 Å². The van der Waals surface area contributed by atoms with Gasteiger partial charge in [0.25, 0.3) is 0 Å². The first-order valence-corrected chi connectivity index (χ1v) is 8.84. The molecule has 0 aliphatic heterocycles. The Balaban J connectivity index is 1.92. The Bertz CT molecular complexity index is 957. The van der Waals surface area contributed by atoms with Crippen molar-refractivity contribution in [3.05, 3.63) is 39.8 Å². The lowest BCUT2D eigenvalue weighted by atomic mass is 10.1. The zero-order valence-electron chi connectivity index (χ0n) is 12.6. The molecule has 1 heterocycles.